The van der Waals surface area contributed by atoms with E-state index in [2.05, 4.69) is 22.1 Å². The van der Waals surface area contributed by atoms with Gasteiger partial charge in [0.2, 0.25) is 0 Å². The third kappa shape index (κ3) is 4.86. The minimum atomic E-state index is -0.0980. The summed E-state index contributed by atoms with van der Waals surface area (Å²) < 4.78 is 3.56. The van der Waals surface area contributed by atoms with Gasteiger partial charge < -0.3 is 14.6 Å². The van der Waals surface area contributed by atoms with E-state index in [1.54, 1.807) is 10.8 Å². The van der Waals surface area contributed by atoms with Crippen LogP contribution in [0.15, 0.2) is 65.7 Å². The van der Waals surface area contributed by atoms with Gasteiger partial charge in [-0.1, -0.05) is 25.5 Å². The van der Waals surface area contributed by atoms with Crippen molar-refractivity contribution in [2.75, 3.05) is 19.6 Å². The molecule has 1 aromatic carbocycles. The zero-order valence-corrected chi connectivity index (χ0v) is 20.3. The highest BCUT2D eigenvalue weighted by Gasteiger charge is 2.20. The van der Waals surface area contributed by atoms with Crippen LogP contribution >= 0.6 is 0 Å². The molecule has 3 aromatic heterocycles. The second-order valence-electron chi connectivity index (χ2n) is 9.40. The van der Waals surface area contributed by atoms with Gasteiger partial charge in [-0.15, -0.1) is 0 Å². The van der Waals surface area contributed by atoms with Crippen LogP contribution in [0.1, 0.15) is 54.9 Å². The number of likely N-dealkylation sites (tertiary alicyclic amines) is 1. The molecule has 0 bridgehead atoms. The molecule has 182 valence electrons. The van der Waals surface area contributed by atoms with Gasteiger partial charge in [0.15, 0.2) is 5.65 Å². The van der Waals surface area contributed by atoms with Gasteiger partial charge >= 0.3 is 0 Å². The van der Waals surface area contributed by atoms with Crippen LogP contribution in [-0.4, -0.2) is 50.4 Å². The lowest BCUT2D eigenvalue weighted by Crippen LogP contribution is -2.40. The Morgan fingerprint density at radius 2 is 2.00 bits per heavy atom. The summed E-state index contributed by atoms with van der Waals surface area (Å²) in [6.07, 6.45) is 9.63. The van der Waals surface area contributed by atoms with E-state index in [0.717, 1.165) is 24.0 Å². The highest BCUT2D eigenvalue weighted by atomic mass is 16.1. The Morgan fingerprint density at radius 3 is 2.89 bits per heavy atom. The second-order valence-corrected chi connectivity index (χ2v) is 9.40. The number of fused-ring (bicyclic) bond motifs is 3. The maximum absolute atomic E-state index is 13.2. The number of carbonyl (C=O) groups excluding carboxylic acids is 1. The lowest BCUT2D eigenvalue weighted by atomic mass is 10.00. The highest BCUT2D eigenvalue weighted by molar-refractivity contribution is 5.94. The molecule has 4 heterocycles. The molecule has 35 heavy (non-hydrogen) atoms. The van der Waals surface area contributed by atoms with E-state index >= 15 is 0 Å². The number of piperidine rings is 1. The summed E-state index contributed by atoms with van der Waals surface area (Å²) in [6, 6.07) is 15.7. The molecule has 0 spiro atoms. The fraction of sp³-hybridized carbons (Fsp3) is 0.393. The van der Waals surface area contributed by atoms with Crippen LogP contribution in [0.2, 0.25) is 0 Å². The predicted octanol–water partition coefficient (Wildman–Crippen LogP) is 4.08. The second kappa shape index (κ2) is 10.4. The summed E-state index contributed by atoms with van der Waals surface area (Å²) >= 11 is 0. The van der Waals surface area contributed by atoms with E-state index in [1.807, 2.05) is 59.1 Å². The average Bonchev–Trinajstić information content (AvgIpc) is 3.40. The Bertz CT molecular complexity index is 1390. The zero-order valence-electron chi connectivity index (χ0n) is 20.3. The van der Waals surface area contributed by atoms with Crippen molar-refractivity contribution in [3.8, 4) is 0 Å². The van der Waals surface area contributed by atoms with E-state index in [-0.39, 0.29) is 11.5 Å². The fourth-order valence-corrected chi connectivity index (χ4v) is 5.33. The van der Waals surface area contributed by atoms with Crippen molar-refractivity contribution in [2.24, 2.45) is 0 Å². The number of amides is 1. The summed E-state index contributed by atoms with van der Waals surface area (Å²) in [5.74, 6) is -0.0742. The number of hydrogen-bond donors (Lipinski definition) is 1. The van der Waals surface area contributed by atoms with E-state index in [1.165, 1.54) is 32.2 Å². The number of benzene rings is 1. The molecular weight excluding hydrogens is 438 g/mol. The van der Waals surface area contributed by atoms with Crippen LogP contribution in [0.5, 0.6) is 0 Å². The number of carbonyl (C=O) groups is 1. The summed E-state index contributed by atoms with van der Waals surface area (Å²) in [5.41, 5.74) is 3.51. The van der Waals surface area contributed by atoms with Crippen molar-refractivity contribution in [1.82, 2.24) is 24.2 Å². The molecule has 1 N–H and O–H groups in total. The Hall–Kier alpha value is -3.45. The molecule has 1 aliphatic heterocycles. The zero-order chi connectivity index (χ0) is 24.2. The lowest BCUT2D eigenvalue weighted by molar-refractivity contribution is 0.0947. The van der Waals surface area contributed by atoms with E-state index in [4.69, 9.17) is 0 Å². The lowest BCUT2D eigenvalue weighted by Gasteiger charge is -2.35. The maximum atomic E-state index is 13.2. The number of hydrogen-bond acceptors (Lipinski definition) is 4. The normalized spacial score (nSPS) is 16.7. The molecule has 7 nitrogen and oxygen atoms in total. The molecular formula is C28H33N5O2. The number of rotatable bonds is 8. The SMILES string of the molecule is CC[C@@H]1CCCCN1CCCNC(=O)c1cccc(Cn2c(=O)c3cccn3c3cccnc32)c1. The molecule has 0 radical (unpaired) electrons. The third-order valence-electron chi connectivity index (χ3n) is 7.15. The monoisotopic (exact) mass is 471 g/mol. The van der Waals surface area contributed by atoms with Gasteiger partial charge in [-0.3, -0.25) is 14.2 Å². The van der Waals surface area contributed by atoms with Gasteiger partial charge in [0.25, 0.3) is 11.5 Å². The van der Waals surface area contributed by atoms with Crippen molar-refractivity contribution >= 4 is 22.6 Å². The van der Waals surface area contributed by atoms with Gasteiger partial charge in [-0.05, 0) is 74.2 Å². The molecule has 0 saturated carbocycles. The quantitative estimate of drug-likeness (QED) is 0.393. The smallest absolute Gasteiger partial charge is 0.276 e. The largest absolute Gasteiger partial charge is 0.352 e. The topological polar surface area (TPSA) is 71.6 Å². The first-order valence-electron chi connectivity index (χ1n) is 12.7. The minimum Gasteiger partial charge on any atom is -0.352 e. The number of aromatic nitrogens is 3. The van der Waals surface area contributed by atoms with Crippen molar-refractivity contribution in [2.45, 2.75) is 51.6 Å². The standard InChI is InChI=1S/C28H33N5O2/c1-2-23-11-3-4-16-31(23)17-8-15-30-27(34)22-10-5-9-21(19-22)20-33-26-24(12-6-14-29-26)32-18-7-13-25(32)28(33)35/h5-7,9-10,12-14,18-19,23H,2-4,8,11,15-17,20H2,1H3,(H,30,34)/t23-/m1/s1. The number of nitrogens with one attached hydrogen (secondary N) is 1. The molecule has 0 unspecified atom stereocenters. The molecule has 5 rings (SSSR count). The molecule has 7 heteroatoms. The fourth-order valence-electron chi connectivity index (χ4n) is 5.33. The molecule has 4 aromatic rings. The van der Waals surface area contributed by atoms with Gasteiger partial charge in [-0.25, -0.2) is 4.98 Å². The van der Waals surface area contributed by atoms with E-state index in [9.17, 15) is 9.59 Å². The molecule has 1 amide bonds. The molecule has 0 aliphatic carbocycles. The molecule has 1 saturated heterocycles. The Balaban J connectivity index is 1.27. The van der Waals surface area contributed by atoms with Gasteiger partial charge in [0.1, 0.15) is 5.52 Å². The van der Waals surface area contributed by atoms with Crippen molar-refractivity contribution < 1.29 is 4.79 Å². The number of nitrogens with zero attached hydrogens (tertiary/aromatic N) is 4. The molecule has 1 fully saturated rings. The maximum Gasteiger partial charge on any atom is 0.276 e. The Kier molecular flexibility index (Phi) is 6.95. The van der Waals surface area contributed by atoms with Gasteiger partial charge in [-0.2, -0.15) is 0 Å². The van der Waals surface area contributed by atoms with Crippen molar-refractivity contribution in [3.63, 3.8) is 0 Å². The minimum absolute atomic E-state index is 0.0742. The average molecular weight is 472 g/mol. The predicted molar refractivity (Wildman–Crippen MR) is 139 cm³/mol. The first-order chi connectivity index (χ1) is 17.2. The van der Waals surface area contributed by atoms with E-state index < -0.39 is 0 Å². The van der Waals surface area contributed by atoms with Crippen LogP contribution in [-0.2, 0) is 6.54 Å². The third-order valence-corrected chi connectivity index (χ3v) is 7.15. The van der Waals surface area contributed by atoms with Crippen molar-refractivity contribution in [1.29, 1.82) is 0 Å². The Morgan fingerprint density at radius 1 is 1.11 bits per heavy atom. The van der Waals surface area contributed by atoms with Gasteiger partial charge in [0.05, 0.1) is 12.1 Å². The van der Waals surface area contributed by atoms with Crippen LogP contribution in [0.4, 0.5) is 0 Å². The van der Waals surface area contributed by atoms with Gasteiger partial charge in [0, 0.05) is 37.1 Å². The van der Waals surface area contributed by atoms with E-state index in [0.29, 0.717) is 35.9 Å². The summed E-state index contributed by atoms with van der Waals surface area (Å²) in [5, 5.41) is 3.07. The summed E-state index contributed by atoms with van der Waals surface area (Å²) in [4.78, 5) is 33.1. The highest BCUT2D eigenvalue weighted by Crippen LogP contribution is 2.19. The summed E-state index contributed by atoms with van der Waals surface area (Å²) in [6.45, 7) is 5.48. The summed E-state index contributed by atoms with van der Waals surface area (Å²) in [7, 11) is 0. The van der Waals surface area contributed by atoms with Crippen LogP contribution < -0.4 is 10.9 Å². The Labute approximate surface area is 205 Å². The molecule has 1 aliphatic rings. The molecule has 1 atom stereocenters. The first-order valence-corrected chi connectivity index (χ1v) is 12.7. The van der Waals surface area contributed by atoms with Crippen LogP contribution in [0, 0.1) is 0 Å². The number of pyridine rings is 1. The first kappa shape index (κ1) is 23.3. The van der Waals surface area contributed by atoms with Crippen molar-refractivity contribution in [3.05, 3.63) is 82.4 Å². The van der Waals surface area contributed by atoms with Crippen LogP contribution in [0.25, 0.3) is 16.7 Å². The van der Waals surface area contributed by atoms with Crippen LogP contribution in [0.3, 0.4) is 0 Å².